The number of hydrogen-bond donors (Lipinski definition) is 2. The van der Waals surface area contributed by atoms with E-state index in [1.165, 1.54) is 19.1 Å². The molecule has 1 aliphatic rings. The average Bonchev–Trinajstić information content (AvgIpc) is 3.52. The van der Waals surface area contributed by atoms with Crippen LogP contribution in [0.15, 0.2) is 71.1 Å². The second kappa shape index (κ2) is 10.9. The van der Waals surface area contributed by atoms with Gasteiger partial charge in [0.25, 0.3) is 11.8 Å². The fourth-order valence-electron chi connectivity index (χ4n) is 4.77. The van der Waals surface area contributed by atoms with Crippen LogP contribution in [0.2, 0.25) is 0 Å². The summed E-state index contributed by atoms with van der Waals surface area (Å²) in [5, 5.41) is 6.17. The van der Waals surface area contributed by atoms with Crippen LogP contribution in [0.3, 0.4) is 0 Å². The van der Waals surface area contributed by atoms with Crippen molar-refractivity contribution in [3.05, 3.63) is 83.7 Å². The Balaban J connectivity index is 0.00000336. The van der Waals surface area contributed by atoms with Gasteiger partial charge in [0.1, 0.15) is 17.2 Å². The van der Waals surface area contributed by atoms with E-state index in [0.717, 1.165) is 17.5 Å². The monoisotopic (exact) mass is 515 g/mol. The maximum absolute atomic E-state index is 13.5. The second-order valence-electron chi connectivity index (χ2n) is 9.12. The van der Waals surface area contributed by atoms with Crippen molar-refractivity contribution in [3.8, 4) is 22.5 Å². The number of carbonyl (C=O) groups excluding carboxylic acids is 3. The summed E-state index contributed by atoms with van der Waals surface area (Å²) in [4.78, 5) is 38.8. The molecule has 0 spiro atoms. The molecule has 1 saturated heterocycles. The van der Waals surface area contributed by atoms with Crippen molar-refractivity contribution in [1.82, 2.24) is 15.5 Å². The first-order valence-electron chi connectivity index (χ1n) is 12.1. The minimum atomic E-state index is -0.372. The highest BCUT2D eigenvalue weighted by Gasteiger charge is 2.27. The van der Waals surface area contributed by atoms with Gasteiger partial charge in [0.15, 0.2) is 0 Å². The first-order valence-corrected chi connectivity index (χ1v) is 12.1. The van der Waals surface area contributed by atoms with Gasteiger partial charge >= 0.3 is 0 Å². The molecule has 2 heterocycles. The van der Waals surface area contributed by atoms with Gasteiger partial charge in [-0.1, -0.05) is 25.6 Å². The molecule has 0 unspecified atom stereocenters. The number of likely N-dealkylation sites (tertiary alicyclic amines) is 1. The van der Waals surface area contributed by atoms with E-state index in [1.807, 2.05) is 24.3 Å². The van der Waals surface area contributed by atoms with Crippen molar-refractivity contribution in [1.29, 1.82) is 0 Å². The Morgan fingerprint density at radius 1 is 0.947 bits per heavy atom. The summed E-state index contributed by atoms with van der Waals surface area (Å²) in [6.45, 7) is 2.57. The molecule has 7 nitrogen and oxygen atoms in total. The SMILES string of the molecule is C.CNC(=O)c1c(-c2ccc(F)cc2)oc2ccc(-c3ccc(C(=O)N4CC[C@H](NC(C)=O)C4)cc3)cc12. The molecule has 3 aromatic carbocycles. The lowest BCUT2D eigenvalue weighted by atomic mass is 9.99. The van der Waals surface area contributed by atoms with Gasteiger partial charge in [0.2, 0.25) is 5.91 Å². The first kappa shape index (κ1) is 26.6. The van der Waals surface area contributed by atoms with Gasteiger partial charge in [-0.2, -0.15) is 0 Å². The molecule has 8 heteroatoms. The fraction of sp³-hybridized carbons (Fsp3) is 0.233. The van der Waals surface area contributed by atoms with Gasteiger partial charge in [-0.25, -0.2) is 4.39 Å². The molecular weight excluding hydrogens is 485 g/mol. The molecule has 4 aromatic rings. The van der Waals surface area contributed by atoms with Crippen molar-refractivity contribution in [2.24, 2.45) is 0 Å². The molecule has 1 atom stereocenters. The van der Waals surface area contributed by atoms with Crippen LogP contribution in [0.5, 0.6) is 0 Å². The van der Waals surface area contributed by atoms with E-state index in [0.29, 0.717) is 46.5 Å². The first-order chi connectivity index (χ1) is 17.8. The number of fused-ring (bicyclic) bond motifs is 1. The molecule has 1 fully saturated rings. The summed E-state index contributed by atoms with van der Waals surface area (Å²) in [7, 11) is 1.55. The lowest BCUT2D eigenvalue weighted by Gasteiger charge is -2.17. The normalized spacial score (nSPS) is 14.7. The Kier molecular flexibility index (Phi) is 7.62. The van der Waals surface area contributed by atoms with Crippen molar-refractivity contribution in [3.63, 3.8) is 0 Å². The van der Waals surface area contributed by atoms with Crippen LogP contribution in [0.1, 0.15) is 41.5 Å². The van der Waals surface area contributed by atoms with Crippen LogP contribution >= 0.6 is 0 Å². The summed E-state index contributed by atoms with van der Waals surface area (Å²) in [5.41, 5.74) is 3.82. The number of furan rings is 1. The third-order valence-corrected chi connectivity index (χ3v) is 6.60. The summed E-state index contributed by atoms with van der Waals surface area (Å²) in [6, 6.07) is 18.7. The van der Waals surface area contributed by atoms with Crippen molar-refractivity contribution in [2.75, 3.05) is 20.1 Å². The molecule has 38 heavy (non-hydrogen) atoms. The minimum absolute atomic E-state index is 0. The van der Waals surface area contributed by atoms with Crippen LogP contribution in [0.4, 0.5) is 4.39 Å². The maximum atomic E-state index is 13.5. The molecule has 3 amide bonds. The van der Waals surface area contributed by atoms with E-state index in [1.54, 1.807) is 42.3 Å². The van der Waals surface area contributed by atoms with Crippen LogP contribution in [0.25, 0.3) is 33.4 Å². The maximum Gasteiger partial charge on any atom is 0.255 e. The highest BCUT2D eigenvalue weighted by atomic mass is 19.1. The summed E-state index contributed by atoms with van der Waals surface area (Å²) in [6.07, 6.45) is 0.738. The van der Waals surface area contributed by atoms with Crippen LogP contribution in [-0.4, -0.2) is 48.8 Å². The molecule has 1 aromatic heterocycles. The van der Waals surface area contributed by atoms with Gasteiger partial charge in [0.05, 0.1) is 5.56 Å². The lowest BCUT2D eigenvalue weighted by molar-refractivity contribution is -0.119. The molecular formula is C30H30FN3O4. The van der Waals surface area contributed by atoms with E-state index in [9.17, 15) is 18.8 Å². The molecule has 2 N–H and O–H groups in total. The highest BCUT2D eigenvalue weighted by Crippen LogP contribution is 2.36. The molecule has 1 aliphatic heterocycles. The lowest BCUT2D eigenvalue weighted by Crippen LogP contribution is -2.37. The molecule has 0 bridgehead atoms. The fourth-order valence-corrected chi connectivity index (χ4v) is 4.77. The van der Waals surface area contributed by atoms with E-state index < -0.39 is 0 Å². The number of benzene rings is 3. The summed E-state index contributed by atoms with van der Waals surface area (Å²) >= 11 is 0. The molecule has 0 aliphatic carbocycles. The topological polar surface area (TPSA) is 91.7 Å². The number of hydrogen-bond acceptors (Lipinski definition) is 4. The molecule has 0 saturated carbocycles. The largest absolute Gasteiger partial charge is 0.455 e. The Morgan fingerprint density at radius 3 is 2.26 bits per heavy atom. The number of carbonyl (C=O) groups is 3. The van der Waals surface area contributed by atoms with Crippen LogP contribution < -0.4 is 10.6 Å². The summed E-state index contributed by atoms with van der Waals surface area (Å²) < 4.78 is 19.5. The number of nitrogens with zero attached hydrogens (tertiary/aromatic N) is 1. The minimum Gasteiger partial charge on any atom is -0.455 e. The van der Waals surface area contributed by atoms with E-state index in [4.69, 9.17) is 4.42 Å². The van der Waals surface area contributed by atoms with E-state index in [2.05, 4.69) is 10.6 Å². The molecule has 5 rings (SSSR count). The predicted molar refractivity (Wildman–Crippen MR) is 145 cm³/mol. The van der Waals surface area contributed by atoms with Crippen LogP contribution in [0, 0.1) is 5.82 Å². The summed E-state index contributed by atoms with van der Waals surface area (Å²) in [5.74, 6) is -0.476. The van der Waals surface area contributed by atoms with Gasteiger partial charge in [0, 0.05) is 49.6 Å². The predicted octanol–water partition coefficient (Wildman–Crippen LogP) is 5.25. The average molecular weight is 516 g/mol. The zero-order chi connectivity index (χ0) is 26.1. The highest BCUT2D eigenvalue weighted by molar-refractivity contribution is 6.11. The van der Waals surface area contributed by atoms with E-state index in [-0.39, 0.29) is 37.0 Å². The molecule has 0 radical (unpaired) electrons. The smallest absolute Gasteiger partial charge is 0.255 e. The Labute approximate surface area is 220 Å². The van der Waals surface area contributed by atoms with Crippen molar-refractivity contribution >= 4 is 28.7 Å². The molecule has 196 valence electrons. The Morgan fingerprint density at radius 2 is 1.61 bits per heavy atom. The second-order valence-corrected chi connectivity index (χ2v) is 9.12. The van der Waals surface area contributed by atoms with E-state index >= 15 is 0 Å². The Bertz CT molecular complexity index is 1490. The Hall–Kier alpha value is -4.46. The standard InChI is InChI=1S/C29H26FN3O4.CH4/c1-17(34)32-23-13-14-33(16-23)29(36)20-5-3-18(4-6-20)21-9-12-25-24(15-21)26(28(35)31-2)27(37-25)19-7-10-22(30)11-8-19;/h3-12,15,23H,13-14,16H2,1-2H3,(H,31,35)(H,32,34);1H4/t23-;/m0./s1. The van der Waals surface area contributed by atoms with Crippen molar-refractivity contribution in [2.45, 2.75) is 26.8 Å². The van der Waals surface area contributed by atoms with Gasteiger partial charge < -0.3 is 20.0 Å². The zero-order valence-electron chi connectivity index (χ0n) is 20.5. The number of nitrogens with one attached hydrogen (secondary N) is 2. The van der Waals surface area contributed by atoms with Gasteiger partial charge in [-0.15, -0.1) is 0 Å². The van der Waals surface area contributed by atoms with Crippen LogP contribution in [-0.2, 0) is 4.79 Å². The zero-order valence-corrected chi connectivity index (χ0v) is 20.5. The third-order valence-electron chi connectivity index (χ3n) is 6.60. The third kappa shape index (κ3) is 5.16. The number of amides is 3. The van der Waals surface area contributed by atoms with Gasteiger partial charge in [-0.3, -0.25) is 14.4 Å². The van der Waals surface area contributed by atoms with Crippen molar-refractivity contribution < 1.29 is 23.2 Å². The number of rotatable bonds is 5. The number of halogens is 1. The quantitative estimate of drug-likeness (QED) is 0.380. The van der Waals surface area contributed by atoms with Gasteiger partial charge in [-0.05, 0) is 66.1 Å².